The fraction of sp³-hybridized carbons (Fsp3) is 0.417. The van der Waals surface area contributed by atoms with Crippen molar-refractivity contribution in [3.63, 3.8) is 0 Å². The molecule has 0 saturated carbocycles. The van der Waals surface area contributed by atoms with Gasteiger partial charge < -0.3 is 15.7 Å². The Labute approximate surface area is 110 Å². The topological polar surface area (TPSA) is 61.4 Å². The molecule has 17 heavy (non-hydrogen) atoms. The summed E-state index contributed by atoms with van der Waals surface area (Å²) in [6, 6.07) is 7.73. The number of amides is 2. The third kappa shape index (κ3) is 6.28. The zero-order valence-corrected chi connectivity index (χ0v) is 11.3. The monoisotopic (exact) mass is 300 g/mol. The van der Waals surface area contributed by atoms with Crippen LogP contribution in [-0.4, -0.2) is 30.3 Å². The number of nitrogens with one attached hydrogen (secondary N) is 2. The van der Waals surface area contributed by atoms with Crippen molar-refractivity contribution in [2.24, 2.45) is 0 Å². The summed E-state index contributed by atoms with van der Waals surface area (Å²) in [5, 5.41) is 14.3. The number of aliphatic hydroxyl groups excluding tert-OH is 1. The number of carbonyl (C=O) groups excluding carboxylic acids is 1. The lowest BCUT2D eigenvalue weighted by atomic mass is 10.1. The average molecular weight is 301 g/mol. The molecule has 1 rings (SSSR count). The number of benzene rings is 1. The first kappa shape index (κ1) is 14.0. The molecule has 3 N–H and O–H groups in total. The molecule has 2 amide bonds. The lowest BCUT2D eigenvalue weighted by Gasteiger charge is -2.08. The summed E-state index contributed by atoms with van der Waals surface area (Å²) < 4.78 is 1.05. The second kappa shape index (κ2) is 7.29. The molecular weight excluding hydrogens is 284 g/mol. The van der Waals surface area contributed by atoms with Crippen LogP contribution in [0.3, 0.4) is 0 Å². The van der Waals surface area contributed by atoms with Gasteiger partial charge in [0.05, 0.1) is 6.10 Å². The second-order valence-corrected chi connectivity index (χ2v) is 4.78. The van der Waals surface area contributed by atoms with Crippen molar-refractivity contribution in [3.05, 3.63) is 34.3 Å². The van der Waals surface area contributed by atoms with Gasteiger partial charge in [-0.3, -0.25) is 0 Å². The maximum absolute atomic E-state index is 11.3. The van der Waals surface area contributed by atoms with E-state index in [1.165, 1.54) is 5.56 Å². The first-order valence-electron chi connectivity index (χ1n) is 5.52. The average Bonchev–Trinajstić information content (AvgIpc) is 2.29. The van der Waals surface area contributed by atoms with Gasteiger partial charge in [0.1, 0.15) is 0 Å². The van der Waals surface area contributed by atoms with Gasteiger partial charge >= 0.3 is 6.03 Å². The third-order valence-electron chi connectivity index (χ3n) is 2.17. The van der Waals surface area contributed by atoms with Crippen molar-refractivity contribution in [2.45, 2.75) is 19.4 Å². The molecule has 0 radical (unpaired) electrons. The molecule has 1 aromatic rings. The molecule has 0 heterocycles. The molecule has 0 fully saturated rings. The molecule has 4 nitrogen and oxygen atoms in total. The second-order valence-electron chi connectivity index (χ2n) is 3.86. The molecule has 94 valence electrons. The lowest BCUT2D eigenvalue weighted by Crippen LogP contribution is -2.39. The predicted octanol–water partition coefficient (Wildman–Crippen LogP) is 1.67. The zero-order chi connectivity index (χ0) is 12.7. The minimum Gasteiger partial charge on any atom is -0.392 e. The van der Waals surface area contributed by atoms with Gasteiger partial charge in [-0.1, -0.05) is 28.1 Å². The third-order valence-corrected chi connectivity index (χ3v) is 2.70. The van der Waals surface area contributed by atoms with Crippen LogP contribution in [0.15, 0.2) is 28.7 Å². The van der Waals surface area contributed by atoms with Crippen LogP contribution in [-0.2, 0) is 6.42 Å². The Kier molecular flexibility index (Phi) is 6.00. The van der Waals surface area contributed by atoms with Crippen molar-refractivity contribution < 1.29 is 9.90 Å². The fourth-order valence-corrected chi connectivity index (χ4v) is 1.54. The molecule has 0 aromatic heterocycles. The normalized spacial score (nSPS) is 11.9. The van der Waals surface area contributed by atoms with E-state index in [2.05, 4.69) is 26.6 Å². The van der Waals surface area contributed by atoms with Crippen LogP contribution < -0.4 is 10.6 Å². The van der Waals surface area contributed by atoms with Crippen molar-refractivity contribution in [1.29, 1.82) is 0 Å². The largest absolute Gasteiger partial charge is 0.392 e. The van der Waals surface area contributed by atoms with Crippen molar-refractivity contribution in [1.82, 2.24) is 10.6 Å². The van der Waals surface area contributed by atoms with E-state index in [0.717, 1.165) is 10.9 Å². The van der Waals surface area contributed by atoms with E-state index < -0.39 is 6.10 Å². The maximum atomic E-state index is 11.3. The van der Waals surface area contributed by atoms with Crippen LogP contribution in [0.5, 0.6) is 0 Å². The number of hydrogen-bond donors (Lipinski definition) is 3. The molecule has 0 spiro atoms. The number of aliphatic hydroxyl groups is 1. The van der Waals surface area contributed by atoms with Gasteiger partial charge in [0, 0.05) is 17.6 Å². The van der Waals surface area contributed by atoms with Gasteiger partial charge in [-0.2, -0.15) is 0 Å². The van der Waals surface area contributed by atoms with E-state index in [4.69, 9.17) is 5.11 Å². The van der Waals surface area contributed by atoms with Gasteiger partial charge in [0.2, 0.25) is 0 Å². The van der Waals surface area contributed by atoms with E-state index >= 15 is 0 Å². The van der Waals surface area contributed by atoms with Gasteiger partial charge in [-0.25, -0.2) is 4.79 Å². The van der Waals surface area contributed by atoms with Gasteiger partial charge in [0.25, 0.3) is 0 Å². The number of rotatable bonds is 5. The highest BCUT2D eigenvalue weighted by Crippen LogP contribution is 2.10. The Morgan fingerprint density at radius 1 is 1.35 bits per heavy atom. The summed E-state index contributed by atoms with van der Waals surface area (Å²) in [6.07, 6.45) is 0.266. The van der Waals surface area contributed by atoms with Crippen LogP contribution in [0.1, 0.15) is 12.5 Å². The SMILES string of the molecule is CC(O)CNC(=O)NCCc1ccc(Br)cc1. The van der Waals surface area contributed by atoms with Crippen LogP contribution in [0.2, 0.25) is 0 Å². The van der Waals surface area contributed by atoms with Gasteiger partial charge in [0.15, 0.2) is 0 Å². The summed E-state index contributed by atoms with van der Waals surface area (Å²) in [5.41, 5.74) is 1.17. The van der Waals surface area contributed by atoms with E-state index in [1.54, 1.807) is 6.92 Å². The molecule has 0 bridgehead atoms. The summed E-state index contributed by atoms with van der Waals surface area (Å²) in [5.74, 6) is 0. The van der Waals surface area contributed by atoms with Crippen molar-refractivity contribution >= 4 is 22.0 Å². The Hall–Kier alpha value is -1.07. The Morgan fingerprint density at radius 2 is 2.00 bits per heavy atom. The highest BCUT2D eigenvalue weighted by Gasteiger charge is 2.01. The van der Waals surface area contributed by atoms with E-state index in [0.29, 0.717) is 6.54 Å². The molecule has 0 aliphatic rings. The molecule has 1 aromatic carbocycles. The number of hydrogen-bond acceptors (Lipinski definition) is 2. The molecule has 0 saturated heterocycles. The van der Waals surface area contributed by atoms with E-state index in [-0.39, 0.29) is 12.6 Å². The van der Waals surface area contributed by atoms with Crippen LogP contribution >= 0.6 is 15.9 Å². The van der Waals surface area contributed by atoms with Crippen LogP contribution in [0.25, 0.3) is 0 Å². The standard InChI is InChI=1S/C12H17BrN2O2/c1-9(16)8-15-12(17)14-7-6-10-2-4-11(13)5-3-10/h2-5,9,16H,6-8H2,1H3,(H2,14,15,17). The summed E-state index contributed by atoms with van der Waals surface area (Å²) in [6.45, 7) is 2.47. The summed E-state index contributed by atoms with van der Waals surface area (Å²) >= 11 is 3.37. The molecule has 1 atom stereocenters. The van der Waals surface area contributed by atoms with Crippen LogP contribution in [0, 0.1) is 0 Å². The highest BCUT2D eigenvalue weighted by molar-refractivity contribution is 9.10. The Morgan fingerprint density at radius 3 is 2.59 bits per heavy atom. The fourth-order valence-electron chi connectivity index (χ4n) is 1.27. The Balaban J connectivity index is 2.19. The first-order valence-corrected chi connectivity index (χ1v) is 6.31. The maximum Gasteiger partial charge on any atom is 0.314 e. The molecule has 0 aliphatic carbocycles. The molecule has 1 unspecified atom stereocenters. The molecular formula is C12H17BrN2O2. The highest BCUT2D eigenvalue weighted by atomic mass is 79.9. The smallest absolute Gasteiger partial charge is 0.314 e. The molecule has 5 heteroatoms. The van der Waals surface area contributed by atoms with Crippen LogP contribution in [0.4, 0.5) is 4.79 Å². The number of urea groups is 1. The van der Waals surface area contributed by atoms with Crippen molar-refractivity contribution in [3.8, 4) is 0 Å². The van der Waals surface area contributed by atoms with Crippen molar-refractivity contribution in [2.75, 3.05) is 13.1 Å². The number of carbonyl (C=O) groups is 1. The summed E-state index contributed by atoms with van der Waals surface area (Å²) in [4.78, 5) is 11.3. The Bertz CT molecular complexity index is 352. The quantitative estimate of drug-likeness (QED) is 0.775. The van der Waals surface area contributed by atoms with Gasteiger partial charge in [-0.05, 0) is 31.0 Å². The lowest BCUT2D eigenvalue weighted by molar-refractivity contribution is 0.187. The minimum atomic E-state index is -0.521. The summed E-state index contributed by atoms with van der Waals surface area (Å²) in [7, 11) is 0. The zero-order valence-electron chi connectivity index (χ0n) is 9.74. The van der Waals surface area contributed by atoms with E-state index in [1.807, 2.05) is 24.3 Å². The minimum absolute atomic E-state index is 0.247. The molecule has 0 aliphatic heterocycles. The van der Waals surface area contributed by atoms with E-state index in [9.17, 15) is 4.79 Å². The first-order chi connectivity index (χ1) is 8.08. The number of halogens is 1. The van der Waals surface area contributed by atoms with Gasteiger partial charge in [-0.15, -0.1) is 0 Å². The predicted molar refractivity (Wildman–Crippen MR) is 70.9 cm³/mol.